The normalized spacial score (nSPS) is 55.8. The van der Waals surface area contributed by atoms with Crippen LogP contribution >= 0.6 is 0 Å². The highest BCUT2D eigenvalue weighted by molar-refractivity contribution is 5.78. The van der Waals surface area contributed by atoms with Gasteiger partial charge in [0.1, 0.15) is 0 Å². The molecule has 35 heavy (non-hydrogen) atoms. The number of allylic oxidation sites excluding steroid dienone is 1. The molecular weight excluding hydrogens is 436 g/mol. The summed E-state index contributed by atoms with van der Waals surface area (Å²) in [4.78, 5) is 13.4. The monoisotopic (exact) mass is 484 g/mol. The standard InChI is InChI=1S/C31H48O4/c1-19(2)20-10-13-29(25(32)34-7)15-14-27(5)21(24(20)29)8-9-23-28(27,6)12-11-22-26(3,4)31(33)17-16-30(22,23)18-35-31/h20-24,33H,1,8-18H2,2-7H3/t20-,21+,22-,23-,24+,27+,28+,29-,30+,31+/m0/s1. The van der Waals surface area contributed by atoms with Gasteiger partial charge in [-0.15, -0.1) is 0 Å². The van der Waals surface area contributed by atoms with Crippen molar-refractivity contribution in [3.63, 3.8) is 0 Å². The maximum absolute atomic E-state index is 13.4. The molecule has 2 bridgehead atoms. The third-order valence-corrected chi connectivity index (χ3v) is 14.1. The van der Waals surface area contributed by atoms with E-state index < -0.39 is 5.79 Å². The number of hydrogen-bond acceptors (Lipinski definition) is 4. The quantitative estimate of drug-likeness (QED) is 0.358. The highest BCUT2D eigenvalue weighted by atomic mass is 16.6. The van der Waals surface area contributed by atoms with Crippen LogP contribution < -0.4 is 0 Å². The first-order valence-corrected chi connectivity index (χ1v) is 14.4. The van der Waals surface area contributed by atoms with Crippen LogP contribution in [-0.4, -0.2) is 30.6 Å². The molecule has 0 aromatic rings. The van der Waals surface area contributed by atoms with Crippen LogP contribution in [0, 0.1) is 56.7 Å². The molecule has 2 aliphatic heterocycles. The molecule has 0 unspecified atom stereocenters. The smallest absolute Gasteiger partial charge is 0.312 e. The van der Waals surface area contributed by atoms with E-state index in [0.717, 1.165) is 45.1 Å². The molecule has 0 aromatic carbocycles. The van der Waals surface area contributed by atoms with E-state index in [1.54, 1.807) is 7.11 Å². The molecule has 7 fully saturated rings. The topological polar surface area (TPSA) is 55.8 Å². The fourth-order valence-electron chi connectivity index (χ4n) is 12.1. The van der Waals surface area contributed by atoms with Gasteiger partial charge >= 0.3 is 5.97 Å². The van der Waals surface area contributed by atoms with E-state index in [1.807, 2.05) is 0 Å². The summed E-state index contributed by atoms with van der Waals surface area (Å²) in [6, 6.07) is 0. The summed E-state index contributed by atoms with van der Waals surface area (Å²) >= 11 is 0. The number of hydrogen-bond donors (Lipinski definition) is 1. The number of carbonyl (C=O) groups excluding carboxylic acids is 1. The molecule has 5 aliphatic carbocycles. The van der Waals surface area contributed by atoms with Gasteiger partial charge in [0.05, 0.1) is 19.1 Å². The first kappa shape index (κ1) is 24.5. The van der Waals surface area contributed by atoms with E-state index in [1.165, 1.54) is 31.3 Å². The third-order valence-electron chi connectivity index (χ3n) is 14.1. The predicted octanol–water partition coefficient (Wildman–Crippen LogP) is 6.52. The summed E-state index contributed by atoms with van der Waals surface area (Å²) < 4.78 is 11.9. The lowest BCUT2D eigenvalue weighted by Crippen LogP contribution is -2.74. The van der Waals surface area contributed by atoms with Crippen molar-refractivity contribution in [3.05, 3.63) is 12.2 Å². The Morgan fingerprint density at radius 3 is 2.29 bits per heavy atom. The highest BCUT2D eigenvalue weighted by Crippen LogP contribution is 2.79. The summed E-state index contributed by atoms with van der Waals surface area (Å²) in [6.45, 7) is 17.1. The Labute approximate surface area is 212 Å². The van der Waals surface area contributed by atoms with Gasteiger partial charge in [0.25, 0.3) is 0 Å². The summed E-state index contributed by atoms with van der Waals surface area (Å²) in [6.07, 6.45) is 10.8. The lowest BCUT2D eigenvalue weighted by atomic mass is 9.31. The second-order valence-corrected chi connectivity index (χ2v) is 14.9. The van der Waals surface area contributed by atoms with Crippen molar-refractivity contribution >= 4 is 5.97 Å². The summed E-state index contributed by atoms with van der Waals surface area (Å²) in [7, 11) is 1.59. The lowest BCUT2D eigenvalue weighted by molar-refractivity contribution is -0.400. The largest absolute Gasteiger partial charge is 0.469 e. The first-order valence-electron chi connectivity index (χ1n) is 14.4. The first-order chi connectivity index (χ1) is 16.3. The van der Waals surface area contributed by atoms with Gasteiger partial charge < -0.3 is 14.6 Å². The Hall–Kier alpha value is -0.870. The Morgan fingerprint density at radius 2 is 1.66 bits per heavy atom. The molecule has 0 amide bonds. The van der Waals surface area contributed by atoms with Gasteiger partial charge in [-0.2, -0.15) is 0 Å². The molecule has 7 aliphatic rings. The van der Waals surface area contributed by atoms with Crippen molar-refractivity contribution in [3.8, 4) is 0 Å². The van der Waals surface area contributed by atoms with Crippen molar-refractivity contribution < 1.29 is 19.4 Å². The van der Waals surface area contributed by atoms with Crippen molar-refractivity contribution in [1.82, 2.24) is 0 Å². The van der Waals surface area contributed by atoms with Crippen molar-refractivity contribution in [1.29, 1.82) is 0 Å². The molecule has 7 rings (SSSR count). The van der Waals surface area contributed by atoms with Crippen LogP contribution in [0.25, 0.3) is 0 Å². The molecule has 1 spiro atoms. The average Bonchev–Trinajstić information content (AvgIpc) is 3.21. The Kier molecular flexibility index (Phi) is 5.00. The summed E-state index contributed by atoms with van der Waals surface area (Å²) in [5, 5.41) is 11.4. The van der Waals surface area contributed by atoms with E-state index >= 15 is 0 Å². The lowest BCUT2D eigenvalue weighted by Gasteiger charge is -2.75. The maximum atomic E-state index is 13.4. The zero-order valence-electron chi connectivity index (χ0n) is 23.0. The van der Waals surface area contributed by atoms with Crippen LogP contribution in [0.5, 0.6) is 0 Å². The van der Waals surface area contributed by atoms with Crippen LogP contribution in [0.15, 0.2) is 12.2 Å². The number of methoxy groups -OCH3 is 1. The van der Waals surface area contributed by atoms with E-state index in [-0.39, 0.29) is 33.0 Å². The van der Waals surface area contributed by atoms with Crippen molar-refractivity contribution in [2.24, 2.45) is 56.7 Å². The highest BCUT2D eigenvalue weighted by Gasteiger charge is 2.75. The Morgan fingerprint density at radius 1 is 0.914 bits per heavy atom. The SMILES string of the molecule is C=C(C)[C@@H]1CC[C@]2(C(=O)OC)CC[C@]3(C)[C@H](CC[C@@H]4[C@]56CC[C@@](O)(OC5)C(C)(C)[C@@H]6CC[C@]43C)[C@@H]12. The minimum atomic E-state index is -0.961. The van der Waals surface area contributed by atoms with Crippen LogP contribution in [0.2, 0.25) is 0 Å². The molecule has 2 heterocycles. The van der Waals surface area contributed by atoms with Gasteiger partial charge in [-0.1, -0.05) is 39.8 Å². The fraction of sp³-hybridized carbons (Fsp3) is 0.903. The molecule has 1 N–H and O–H groups in total. The molecule has 10 atom stereocenters. The number of rotatable bonds is 2. The average molecular weight is 485 g/mol. The zero-order valence-corrected chi connectivity index (χ0v) is 23.0. The van der Waals surface area contributed by atoms with Gasteiger partial charge in [0.2, 0.25) is 0 Å². The van der Waals surface area contributed by atoms with E-state index in [2.05, 4.69) is 41.2 Å². The second kappa shape index (κ2) is 7.16. The maximum Gasteiger partial charge on any atom is 0.312 e. The van der Waals surface area contributed by atoms with E-state index in [0.29, 0.717) is 29.6 Å². The van der Waals surface area contributed by atoms with E-state index in [9.17, 15) is 9.90 Å². The Balaban J connectivity index is 1.42. The number of carbonyl (C=O) groups is 1. The fourth-order valence-corrected chi connectivity index (χ4v) is 12.1. The van der Waals surface area contributed by atoms with Crippen LogP contribution in [-0.2, 0) is 14.3 Å². The van der Waals surface area contributed by atoms with Crippen LogP contribution in [0.3, 0.4) is 0 Å². The molecule has 0 aromatic heterocycles. The number of ether oxygens (including phenoxy) is 2. The molecule has 0 radical (unpaired) electrons. The van der Waals surface area contributed by atoms with Gasteiger partial charge in [0.15, 0.2) is 5.79 Å². The Bertz CT molecular complexity index is 944. The molecule has 196 valence electrons. The minimum absolute atomic E-state index is 0.0388. The number of fused-ring (bicyclic) bond motifs is 7. The molecule has 5 saturated carbocycles. The molecule has 4 nitrogen and oxygen atoms in total. The minimum Gasteiger partial charge on any atom is -0.469 e. The third kappa shape index (κ3) is 2.60. The molecule has 2 saturated heterocycles. The van der Waals surface area contributed by atoms with Gasteiger partial charge in [0, 0.05) is 17.3 Å². The van der Waals surface area contributed by atoms with Crippen LogP contribution in [0.1, 0.15) is 98.8 Å². The molecule has 4 heteroatoms. The summed E-state index contributed by atoms with van der Waals surface area (Å²) in [5.41, 5.74) is 1.34. The van der Waals surface area contributed by atoms with Gasteiger partial charge in [-0.3, -0.25) is 4.79 Å². The van der Waals surface area contributed by atoms with Crippen molar-refractivity contribution in [2.75, 3.05) is 13.7 Å². The number of aliphatic hydroxyl groups is 1. The molecular formula is C31H48O4. The van der Waals surface area contributed by atoms with Gasteiger partial charge in [-0.25, -0.2) is 0 Å². The predicted molar refractivity (Wildman–Crippen MR) is 136 cm³/mol. The van der Waals surface area contributed by atoms with Crippen LogP contribution in [0.4, 0.5) is 0 Å². The number of esters is 1. The second-order valence-electron chi connectivity index (χ2n) is 14.9. The van der Waals surface area contributed by atoms with Crippen molar-refractivity contribution in [2.45, 2.75) is 105 Å². The van der Waals surface area contributed by atoms with E-state index in [4.69, 9.17) is 9.47 Å². The van der Waals surface area contributed by atoms with Gasteiger partial charge in [-0.05, 0) is 105 Å². The zero-order chi connectivity index (χ0) is 25.2. The summed E-state index contributed by atoms with van der Waals surface area (Å²) in [5.74, 6) is 1.54.